The molecule has 5 nitrogen and oxygen atoms in total. The molecule has 0 fully saturated rings. The zero-order valence-corrected chi connectivity index (χ0v) is 12.7. The van der Waals surface area contributed by atoms with Crippen molar-refractivity contribution in [2.24, 2.45) is 0 Å². The molecular weight excluding hydrogens is 274 g/mol. The van der Waals surface area contributed by atoms with Crippen LogP contribution in [0.4, 0.5) is 10.8 Å². The molecule has 1 aromatic carbocycles. The van der Waals surface area contributed by atoms with Gasteiger partial charge in [0.05, 0.1) is 13.2 Å². The van der Waals surface area contributed by atoms with Gasteiger partial charge in [0.1, 0.15) is 5.75 Å². The maximum absolute atomic E-state index is 5.82. The lowest BCUT2D eigenvalue weighted by Gasteiger charge is -2.12. The molecule has 0 atom stereocenters. The Morgan fingerprint density at radius 3 is 2.90 bits per heavy atom. The largest absolute Gasteiger partial charge is 0.497 e. The lowest BCUT2D eigenvalue weighted by atomic mass is 10.2. The number of hydrogen-bond acceptors (Lipinski definition) is 6. The van der Waals surface area contributed by atoms with Gasteiger partial charge in [0.15, 0.2) is 16.6 Å². The van der Waals surface area contributed by atoms with Crippen LogP contribution in [0.3, 0.4) is 0 Å². The van der Waals surface area contributed by atoms with Crippen LogP contribution in [0.2, 0.25) is 0 Å². The van der Waals surface area contributed by atoms with Gasteiger partial charge in [-0.25, -0.2) is 0 Å². The van der Waals surface area contributed by atoms with E-state index < -0.39 is 0 Å². The highest BCUT2D eigenvalue weighted by atomic mass is 32.1. The normalized spacial score (nSPS) is 10.6. The van der Waals surface area contributed by atoms with Crippen molar-refractivity contribution in [2.75, 3.05) is 18.2 Å². The molecule has 20 heavy (non-hydrogen) atoms. The summed E-state index contributed by atoms with van der Waals surface area (Å²) in [4.78, 5) is 0. The van der Waals surface area contributed by atoms with E-state index in [0.29, 0.717) is 18.1 Å². The minimum absolute atomic E-state index is 0.0612. The summed E-state index contributed by atoms with van der Waals surface area (Å²) < 4.78 is 15.0. The number of hydrogen-bond donors (Lipinski definition) is 2. The van der Waals surface area contributed by atoms with Gasteiger partial charge in [-0.2, -0.15) is 4.37 Å². The predicted octanol–water partition coefficient (Wildman–Crippen LogP) is 3.13. The summed E-state index contributed by atoms with van der Waals surface area (Å²) in [5.41, 5.74) is 6.94. The number of benzene rings is 1. The Hall–Kier alpha value is -1.95. The highest BCUT2D eigenvalue weighted by Gasteiger charge is 2.14. The minimum Gasteiger partial charge on any atom is -0.497 e. The molecule has 0 spiro atoms. The van der Waals surface area contributed by atoms with Gasteiger partial charge in [-0.15, -0.1) is 0 Å². The molecule has 0 amide bonds. The first-order valence-corrected chi connectivity index (χ1v) is 7.16. The molecule has 0 bridgehead atoms. The van der Waals surface area contributed by atoms with Crippen LogP contribution < -0.4 is 20.5 Å². The molecule has 2 rings (SSSR count). The first-order chi connectivity index (χ1) is 9.60. The molecule has 0 unspecified atom stereocenters. The third-order valence-corrected chi connectivity index (χ3v) is 3.42. The van der Waals surface area contributed by atoms with Crippen LogP contribution in [-0.4, -0.2) is 17.6 Å². The van der Waals surface area contributed by atoms with Gasteiger partial charge in [0, 0.05) is 6.54 Å². The number of nitrogens with one attached hydrogen (secondary N) is 1. The van der Waals surface area contributed by atoms with Crippen LogP contribution in [0.5, 0.6) is 11.5 Å². The molecule has 1 aromatic heterocycles. The van der Waals surface area contributed by atoms with Gasteiger partial charge < -0.3 is 20.5 Å². The summed E-state index contributed by atoms with van der Waals surface area (Å²) >= 11 is 1.30. The Kier molecular flexibility index (Phi) is 4.68. The molecule has 1 heterocycles. The van der Waals surface area contributed by atoms with Crippen molar-refractivity contribution in [3.8, 4) is 11.5 Å². The maximum atomic E-state index is 5.82. The second-order valence-electron chi connectivity index (χ2n) is 4.60. The smallest absolute Gasteiger partial charge is 0.197 e. The molecular formula is C14H19N3O2S. The summed E-state index contributed by atoms with van der Waals surface area (Å²) in [5.74, 6) is 1.90. The van der Waals surface area contributed by atoms with E-state index in [0.717, 1.165) is 16.3 Å². The summed E-state index contributed by atoms with van der Waals surface area (Å²) in [6.45, 7) is 4.58. The third kappa shape index (κ3) is 3.54. The minimum atomic E-state index is 0.0612. The number of rotatable bonds is 6. The van der Waals surface area contributed by atoms with Crippen LogP contribution in [0, 0.1) is 0 Å². The molecule has 0 aliphatic carbocycles. The second-order valence-corrected chi connectivity index (χ2v) is 5.37. The SMILES string of the molecule is COc1cccc(CNc2snc(N)c2OC(C)C)c1. The molecule has 0 saturated carbocycles. The number of aromatic nitrogens is 1. The lowest BCUT2D eigenvalue weighted by molar-refractivity contribution is 0.245. The van der Waals surface area contributed by atoms with E-state index in [1.165, 1.54) is 11.5 Å². The van der Waals surface area contributed by atoms with Crippen molar-refractivity contribution in [3.05, 3.63) is 29.8 Å². The van der Waals surface area contributed by atoms with E-state index in [-0.39, 0.29) is 6.10 Å². The Balaban J connectivity index is 2.06. The average Bonchev–Trinajstić information content (AvgIpc) is 2.77. The van der Waals surface area contributed by atoms with E-state index in [4.69, 9.17) is 15.2 Å². The number of nitrogens with two attached hydrogens (primary N) is 1. The van der Waals surface area contributed by atoms with E-state index in [1.807, 2.05) is 38.1 Å². The van der Waals surface area contributed by atoms with Crippen molar-refractivity contribution in [1.29, 1.82) is 0 Å². The van der Waals surface area contributed by atoms with E-state index in [2.05, 4.69) is 9.69 Å². The molecule has 2 aromatic rings. The van der Waals surface area contributed by atoms with Gasteiger partial charge in [0.25, 0.3) is 0 Å². The maximum Gasteiger partial charge on any atom is 0.197 e. The molecule has 0 aliphatic heterocycles. The quantitative estimate of drug-likeness (QED) is 0.856. The zero-order valence-electron chi connectivity index (χ0n) is 11.8. The van der Waals surface area contributed by atoms with Crippen LogP contribution in [0.25, 0.3) is 0 Å². The summed E-state index contributed by atoms with van der Waals surface area (Å²) in [5, 5.41) is 4.15. The highest BCUT2D eigenvalue weighted by molar-refractivity contribution is 7.11. The number of nitrogens with zero attached hydrogens (tertiary/aromatic N) is 1. The Morgan fingerprint density at radius 2 is 2.20 bits per heavy atom. The standard InChI is InChI=1S/C14H19N3O2S/c1-9(2)19-12-13(15)17-20-14(12)16-8-10-5-4-6-11(7-10)18-3/h4-7,9,16H,8H2,1-3H3,(H2,15,17). The van der Waals surface area contributed by atoms with Crippen molar-refractivity contribution < 1.29 is 9.47 Å². The molecule has 3 N–H and O–H groups in total. The zero-order chi connectivity index (χ0) is 14.5. The molecule has 0 saturated heterocycles. The van der Waals surface area contributed by atoms with E-state index in [1.54, 1.807) is 7.11 Å². The average molecular weight is 293 g/mol. The van der Waals surface area contributed by atoms with Gasteiger partial charge in [-0.1, -0.05) is 12.1 Å². The molecule has 6 heteroatoms. The number of ether oxygens (including phenoxy) is 2. The predicted molar refractivity (Wildman–Crippen MR) is 82.6 cm³/mol. The first kappa shape index (κ1) is 14.5. The number of nitrogen functional groups attached to an aromatic ring is 1. The Labute approximate surface area is 122 Å². The molecule has 108 valence electrons. The topological polar surface area (TPSA) is 69.4 Å². The summed E-state index contributed by atoms with van der Waals surface area (Å²) in [6.07, 6.45) is 0.0612. The highest BCUT2D eigenvalue weighted by Crippen LogP contribution is 2.36. The van der Waals surface area contributed by atoms with Gasteiger partial charge in [-0.3, -0.25) is 0 Å². The first-order valence-electron chi connectivity index (χ1n) is 6.38. The van der Waals surface area contributed by atoms with E-state index in [9.17, 15) is 0 Å². The molecule has 0 aliphatic rings. The van der Waals surface area contributed by atoms with Crippen molar-refractivity contribution >= 4 is 22.4 Å². The van der Waals surface area contributed by atoms with Crippen molar-refractivity contribution in [1.82, 2.24) is 4.37 Å². The van der Waals surface area contributed by atoms with Crippen LogP contribution in [-0.2, 0) is 6.54 Å². The fourth-order valence-electron chi connectivity index (χ4n) is 1.72. The summed E-state index contributed by atoms with van der Waals surface area (Å²) in [7, 11) is 1.66. The second kappa shape index (κ2) is 6.47. The van der Waals surface area contributed by atoms with E-state index >= 15 is 0 Å². The Bertz CT molecular complexity index is 569. The fourth-order valence-corrected chi connectivity index (χ4v) is 2.37. The molecule has 0 radical (unpaired) electrons. The fraction of sp³-hybridized carbons (Fsp3) is 0.357. The van der Waals surface area contributed by atoms with Crippen LogP contribution >= 0.6 is 11.5 Å². The summed E-state index contributed by atoms with van der Waals surface area (Å²) in [6, 6.07) is 7.90. The van der Waals surface area contributed by atoms with Crippen molar-refractivity contribution in [3.63, 3.8) is 0 Å². The lowest BCUT2D eigenvalue weighted by Crippen LogP contribution is -2.08. The van der Waals surface area contributed by atoms with Crippen LogP contribution in [0.15, 0.2) is 24.3 Å². The van der Waals surface area contributed by atoms with Crippen molar-refractivity contribution in [2.45, 2.75) is 26.5 Å². The third-order valence-electron chi connectivity index (χ3n) is 2.61. The van der Waals surface area contributed by atoms with Gasteiger partial charge in [-0.05, 0) is 43.1 Å². The van der Waals surface area contributed by atoms with Gasteiger partial charge in [0.2, 0.25) is 0 Å². The monoisotopic (exact) mass is 293 g/mol. The Morgan fingerprint density at radius 1 is 1.40 bits per heavy atom. The number of anilines is 2. The van der Waals surface area contributed by atoms with Gasteiger partial charge >= 0.3 is 0 Å². The van der Waals surface area contributed by atoms with Crippen LogP contribution in [0.1, 0.15) is 19.4 Å². The number of methoxy groups -OCH3 is 1.